The third-order valence-electron chi connectivity index (χ3n) is 3.69. The van der Waals surface area contributed by atoms with Crippen LogP contribution in [0.4, 0.5) is 11.4 Å². The third kappa shape index (κ3) is 5.59. The molecule has 0 aliphatic rings. The number of anilines is 1. The summed E-state index contributed by atoms with van der Waals surface area (Å²) >= 11 is 0. The number of nitro groups is 1. The molecule has 1 aromatic carbocycles. The molecular weight excluding hydrogens is 350 g/mol. The third-order valence-corrected chi connectivity index (χ3v) is 4.82. The Morgan fingerprint density at radius 3 is 2.44 bits per heavy atom. The van der Waals surface area contributed by atoms with Crippen molar-refractivity contribution in [1.82, 2.24) is 5.32 Å². The van der Waals surface area contributed by atoms with E-state index in [-0.39, 0.29) is 17.1 Å². The van der Waals surface area contributed by atoms with Crippen LogP contribution in [0, 0.1) is 10.1 Å². The molecule has 0 aliphatic carbocycles. The van der Waals surface area contributed by atoms with Gasteiger partial charge in [-0.2, -0.15) is 0 Å². The van der Waals surface area contributed by atoms with E-state index in [1.165, 1.54) is 19.2 Å². The van der Waals surface area contributed by atoms with Crippen molar-refractivity contribution in [3.05, 3.63) is 28.3 Å². The van der Waals surface area contributed by atoms with Crippen LogP contribution < -0.4 is 14.4 Å². The Balaban J connectivity index is 3.31. The van der Waals surface area contributed by atoms with Crippen molar-refractivity contribution < 1.29 is 22.9 Å². The Hall–Kier alpha value is -2.36. The van der Waals surface area contributed by atoms with Gasteiger partial charge in [0.05, 0.1) is 18.3 Å². The number of amides is 1. The summed E-state index contributed by atoms with van der Waals surface area (Å²) < 4.78 is 30.2. The molecule has 1 N–H and O–H groups in total. The standard InChI is InChI=1S/C15H23N3O6S/c1-6-15(2,3)16-14(19)10-17(25(5,22)23)12-9-11(18(20)21)7-8-13(12)24-4/h7-9H,6,10H2,1-5H3,(H,16,19). The molecule has 9 nitrogen and oxygen atoms in total. The monoisotopic (exact) mass is 373 g/mol. The highest BCUT2D eigenvalue weighted by Gasteiger charge is 2.28. The maximum Gasteiger partial charge on any atom is 0.271 e. The fourth-order valence-electron chi connectivity index (χ4n) is 2.00. The van der Waals surface area contributed by atoms with E-state index in [9.17, 15) is 23.3 Å². The fourth-order valence-corrected chi connectivity index (χ4v) is 2.86. The van der Waals surface area contributed by atoms with Crippen LogP contribution in [0.2, 0.25) is 0 Å². The van der Waals surface area contributed by atoms with Crippen LogP contribution in [0.1, 0.15) is 27.2 Å². The second-order valence-corrected chi connectivity index (χ2v) is 8.08. The van der Waals surface area contributed by atoms with Crippen LogP contribution in [-0.2, 0) is 14.8 Å². The summed E-state index contributed by atoms with van der Waals surface area (Å²) in [6, 6.07) is 3.56. The van der Waals surface area contributed by atoms with Crippen molar-refractivity contribution in [2.24, 2.45) is 0 Å². The molecule has 25 heavy (non-hydrogen) atoms. The van der Waals surface area contributed by atoms with Gasteiger partial charge >= 0.3 is 0 Å². The van der Waals surface area contributed by atoms with E-state index in [1.807, 2.05) is 20.8 Å². The van der Waals surface area contributed by atoms with Crippen molar-refractivity contribution >= 4 is 27.3 Å². The van der Waals surface area contributed by atoms with Crippen molar-refractivity contribution in [3.63, 3.8) is 0 Å². The molecule has 0 atom stereocenters. The number of hydrogen-bond acceptors (Lipinski definition) is 6. The van der Waals surface area contributed by atoms with Crippen molar-refractivity contribution in [3.8, 4) is 5.75 Å². The first-order valence-electron chi connectivity index (χ1n) is 7.52. The van der Waals surface area contributed by atoms with E-state index < -0.39 is 32.9 Å². The summed E-state index contributed by atoms with van der Waals surface area (Å²) in [7, 11) is -2.57. The molecule has 0 unspecified atom stereocenters. The minimum Gasteiger partial charge on any atom is -0.495 e. The lowest BCUT2D eigenvalue weighted by molar-refractivity contribution is -0.384. The van der Waals surface area contributed by atoms with E-state index in [1.54, 1.807) is 0 Å². The number of ether oxygens (including phenoxy) is 1. The molecule has 0 aromatic heterocycles. The van der Waals surface area contributed by atoms with Crippen LogP contribution in [-0.4, -0.2) is 44.7 Å². The van der Waals surface area contributed by atoms with E-state index in [4.69, 9.17) is 4.74 Å². The van der Waals surface area contributed by atoms with Gasteiger partial charge in [0.25, 0.3) is 5.69 Å². The SMILES string of the molecule is CCC(C)(C)NC(=O)CN(c1cc([N+](=O)[O-])ccc1OC)S(C)(=O)=O. The molecule has 140 valence electrons. The van der Waals surface area contributed by atoms with Crippen LogP contribution in [0.5, 0.6) is 5.75 Å². The number of nitrogens with one attached hydrogen (secondary N) is 1. The lowest BCUT2D eigenvalue weighted by atomic mass is 10.0. The second-order valence-electron chi connectivity index (χ2n) is 6.17. The van der Waals surface area contributed by atoms with Gasteiger partial charge in [0.2, 0.25) is 15.9 Å². The number of carbonyl (C=O) groups excluding carboxylic acids is 1. The summed E-state index contributed by atoms with van der Waals surface area (Å²) in [4.78, 5) is 22.6. The first-order chi connectivity index (χ1) is 11.4. The molecule has 0 radical (unpaired) electrons. The minimum atomic E-state index is -3.88. The van der Waals surface area contributed by atoms with Gasteiger partial charge < -0.3 is 10.1 Å². The summed E-state index contributed by atoms with van der Waals surface area (Å²) in [6.45, 7) is 4.99. The fraction of sp³-hybridized carbons (Fsp3) is 0.533. The molecular formula is C15H23N3O6S. The summed E-state index contributed by atoms with van der Waals surface area (Å²) in [5.41, 5.74) is -0.880. The highest BCUT2D eigenvalue weighted by molar-refractivity contribution is 7.92. The quantitative estimate of drug-likeness (QED) is 0.547. The molecule has 1 amide bonds. The van der Waals surface area contributed by atoms with E-state index >= 15 is 0 Å². The molecule has 1 rings (SSSR count). The Kier molecular flexibility index (Phi) is 6.36. The van der Waals surface area contributed by atoms with Gasteiger partial charge in [0, 0.05) is 17.7 Å². The zero-order chi connectivity index (χ0) is 19.4. The van der Waals surface area contributed by atoms with Crippen molar-refractivity contribution in [1.29, 1.82) is 0 Å². The Morgan fingerprint density at radius 1 is 1.40 bits per heavy atom. The lowest BCUT2D eigenvalue weighted by Crippen LogP contribution is -2.48. The molecule has 0 saturated carbocycles. The number of benzene rings is 1. The maximum absolute atomic E-state index is 12.3. The van der Waals surface area contributed by atoms with Gasteiger partial charge in [0.15, 0.2) is 0 Å². The molecule has 1 aromatic rings. The largest absolute Gasteiger partial charge is 0.495 e. The number of carbonyl (C=O) groups is 1. The molecule has 0 spiro atoms. The zero-order valence-electron chi connectivity index (χ0n) is 14.9. The predicted molar refractivity (Wildman–Crippen MR) is 94.4 cm³/mol. The average molecular weight is 373 g/mol. The molecule has 0 bridgehead atoms. The van der Waals surface area contributed by atoms with Crippen LogP contribution in [0.15, 0.2) is 18.2 Å². The van der Waals surface area contributed by atoms with Gasteiger partial charge in [-0.05, 0) is 26.3 Å². The normalized spacial score (nSPS) is 11.7. The number of nitrogens with zero attached hydrogens (tertiary/aromatic N) is 2. The Bertz CT molecular complexity index is 761. The number of non-ortho nitro benzene ring substituents is 1. The highest BCUT2D eigenvalue weighted by Crippen LogP contribution is 2.33. The number of nitro benzene ring substituents is 1. The lowest BCUT2D eigenvalue weighted by Gasteiger charge is -2.28. The summed E-state index contributed by atoms with van der Waals surface area (Å²) in [5, 5.41) is 13.7. The van der Waals surface area contributed by atoms with Crippen LogP contribution in [0.25, 0.3) is 0 Å². The average Bonchev–Trinajstić information content (AvgIpc) is 2.50. The Labute approximate surface area is 147 Å². The number of rotatable bonds is 8. The summed E-state index contributed by atoms with van der Waals surface area (Å²) in [5.74, 6) is -0.413. The van der Waals surface area contributed by atoms with Gasteiger partial charge in [-0.25, -0.2) is 8.42 Å². The van der Waals surface area contributed by atoms with Gasteiger partial charge in [-0.1, -0.05) is 6.92 Å². The smallest absolute Gasteiger partial charge is 0.271 e. The topological polar surface area (TPSA) is 119 Å². The first-order valence-corrected chi connectivity index (χ1v) is 9.37. The molecule has 0 saturated heterocycles. The van der Waals surface area contributed by atoms with Gasteiger partial charge in [-0.3, -0.25) is 19.2 Å². The predicted octanol–water partition coefficient (Wildman–Crippen LogP) is 1.67. The maximum atomic E-state index is 12.3. The Morgan fingerprint density at radius 2 is 2.00 bits per heavy atom. The number of methoxy groups -OCH3 is 1. The van der Waals surface area contributed by atoms with Gasteiger partial charge in [0.1, 0.15) is 18.0 Å². The minimum absolute atomic E-state index is 0.0661. The van der Waals surface area contributed by atoms with E-state index in [0.29, 0.717) is 6.42 Å². The van der Waals surface area contributed by atoms with Crippen molar-refractivity contribution in [2.75, 3.05) is 24.2 Å². The van der Waals surface area contributed by atoms with E-state index in [0.717, 1.165) is 16.6 Å². The number of sulfonamides is 1. The molecule has 0 heterocycles. The van der Waals surface area contributed by atoms with Crippen LogP contribution >= 0.6 is 0 Å². The number of hydrogen-bond donors (Lipinski definition) is 1. The molecule has 10 heteroatoms. The van der Waals surface area contributed by atoms with Crippen molar-refractivity contribution in [2.45, 2.75) is 32.7 Å². The zero-order valence-corrected chi connectivity index (χ0v) is 15.7. The second kappa shape index (κ2) is 7.68. The first kappa shape index (κ1) is 20.7. The van der Waals surface area contributed by atoms with Gasteiger partial charge in [-0.15, -0.1) is 0 Å². The van der Waals surface area contributed by atoms with E-state index in [2.05, 4.69) is 5.32 Å². The van der Waals surface area contributed by atoms with Crippen LogP contribution in [0.3, 0.4) is 0 Å². The molecule has 0 fully saturated rings. The summed E-state index contributed by atoms with van der Waals surface area (Å²) in [6.07, 6.45) is 1.57. The molecule has 0 aliphatic heterocycles. The highest BCUT2D eigenvalue weighted by atomic mass is 32.2.